The lowest BCUT2D eigenvalue weighted by atomic mass is 9.97. The molecule has 59 heavy (non-hydrogen) atoms. The molecule has 1 aliphatic heterocycles. The van der Waals surface area contributed by atoms with Crippen LogP contribution in [0.5, 0.6) is 11.5 Å². The van der Waals surface area contributed by atoms with Crippen LogP contribution in [0.15, 0.2) is 160 Å². The summed E-state index contributed by atoms with van der Waals surface area (Å²) in [4.78, 5) is 11.9. The number of nitrogens with one attached hydrogen (secondary N) is 2. The summed E-state index contributed by atoms with van der Waals surface area (Å²) >= 11 is 0. The number of ketones is 1. The number of benzene rings is 6. The molecule has 300 valence electrons. The number of methoxy groups -OCH3 is 2. The van der Waals surface area contributed by atoms with Crippen molar-refractivity contribution in [2.24, 2.45) is 10.2 Å². The van der Waals surface area contributed by atoms with Crippen LogP contribution in [-0.2, 0) is 20.0 Å². The van der Waals surface area contributed by atoms with Crippen molar-refractivity contribution in [1.82, 2.24) is 0 Å². The van der Waals surface area contributed by atoms with Crippen molar-refractivity contribution < 1.29 is 39.9 Å². The molecule has 0 amide bonds. The molecule has 6 aromatic carbocycles. The highest BCUT2D eigenvalue weighted by molar-refractivity contribution is 7.93. The van der Waals surface area contributed by atoms with Gasteiger partial charge < -0.3 is 9.47 Å². The predicted octanol–water partition coefficient (Wildman–Crippen LogP) is 9.78. The van der Waals surface area contributed by atoms with Crippen LogP contribution in [-0.4, -0.2) is 36.8 Å². The molecule has 0 aliphatic carbocycles. The number of anilines is 2. The van der Waals surface area contributed by atoms with Gasteiger partial charge in [-0.25, -0.2) is 25.6 Å². The Morgan fingerprint density at radius 3 is 1.78 bits per heavy atom. The van der Waals surface area contributed by atoms with Crippen molar-refractivity contribution in [2.45, 2.75) is 28.3 Å². The van der Waals surface area contributed by atoms with Gasteiger partial charge in [-0.3, -0.25) is 14.2 Å². The first-order chi connectivity index (χ1) is 28.3. The molecular weight excluding hydrogens is 799 g/mol. The fourth-order valence-electron chi connectivity index (χ4n) is 6.41. The summed E-state index contributed by atoms with van der Waals surface area (Å²) < 4.78 is 99.9. The molecule has 0 spiro atoms. The van der Waals surface area contributed by atoms with Crippen LogP contribution in [0.2, 0.25) is 0 Å². The van der Waals surface area contributed by atoms with Crippen molar-refractivity contribution in [1.29, 1.82) is 0 Å². The van der Waals surface area contributed by atoms with Crippen molar-refractivity contribution in [3.63, 3.8) is 0 Å². The van der Waals surface area contributed by atoms with E-state index in [4.69, 9.17) is 9.47 Å². The van der Waals surface area contributed by atoms with Gasteiger partial charge in [0.2, 0.25) is 0 Å². The molecule has 0 saturated carbocycles. The van der Waals surface area contributed by atoms with Crippen LogP contribution in [0.4, 0.5) is 20.2 Å². The average molecular weight is 835 g/mol. The van der Waals surface area contributed by atoms with Crippen molar-refractivity contribution in [3.05, 3.63) is 173 Å². The predicted molar refractivity (Wildman–Crippen MR) is 221 cm³/mol. The second-order valence-corrected chi connectivity index (χ2v) is 16.8. The second-order valence-electron chi connectivity index (χ2n) is 13.4. The van der Waals surface area contributed by atoms with Crippen LogP contribution in [0, 0.1) is 11.6 Å². The first kappa shape index (κ1) is 40.5. The first-order valence-corrected chi connectivity index (χ1v) is 21.0. The third-order valence-electron chi connectivity index (χ3n) is 9.57. The summed E-state index contributed by atoms with van der Waals surface area (Å²) in [6, 6.07) is 32.0. The number of allylic oxidation sites excluding steroid dienone is 1. The summed E-state index contributed by atoms with van der Waals surface area (Å²) in [5.41, 5.74) is 2.27. The van der Waals surface area contributed by atoms with E-state index in [2.05, 4.69) is 19.7 Å². The van der Waals surface area contributed by atoms with Gasteiger partial charge in [0.15, 0.2) is 5.78 Å². The highest BCUT2D eigenvalue weighted by atomic mass is 32.2. The minimum Gasteiger partial charge on any atom is -0.497 e. The van der Waals surface area contributed by atoms with E-state index >= 15 is 4.39 Å². The quantitative estimate of drug-likeness (QED) is 0.0819. The molecule has 1 aliphatic rings. The molecule has 2 N–H and O–H groups in total. The van der Waals surface area contributed by atoms with E-state index in [1.807, 2.05) is 24.3 Å². The number of sulfonamides is 2. The van der Waals surface area contributed by atoms with Crippen LogP contribution < -0.4 is 18.9 Å². The number of carbonyl (C=O) groups excluding carboxylic acids is 1. The van der Waals surface area contributed by atoms with Crippen molar-refractivity contribution >= 4 is 43.3 Å². The standard InChI is InChI=1S/C44H36F2N4O7S2/c1-56-35-17-3-28(4-18-35)5-23-43(51)31-8-15-34(16-9-31)50-59(54,55)44-24-12-32(45)25-39(44)38-26-37(21-22-40(38)46)58(52,53)49-33-13-6-29(7-14-33)41-27-42(48-47-41)30-10-19-36(57-2)20-11-30/h3-26,41-42,49-50H,27H2,1-2H3. The fraction of sp³-hybridized carbons (Fsp3) is 0.114. The zero-order valence-electron chi connectivity index (χ0n) is 31.5. The molecule has 0 bridgehead atoms. The van der Waals surface area contributed by atoms with Crippen molar-refractivity contribution in [2.75, 3.05) is 23.7 Å². The van der Waals surface area contributed by atoms with Gasteiger partial charge in [0.25, 0.3) is 20.0 Å². The zero-order valence-corrected chi connectivity index (χ0v) is 33.2. The minimum absolute atomic E-state index is 0.0658. The summed E-state index contributed by atoms with van der Waals surface area (Å²) in [7, 11) is -5.72. The number of hydrogen-bond donors (Lipinski definition) is 2. The number of ether oxygens (including phenoxy) is 2. The van der Waals surface area contributed by atoms with Gasteiger partial charge >= 0.3 is 0 Å². The van der Waals surface area contributed by atoms with Gasteiger partial charge in [0, 0.05) is 34.5 Å². The summed E-state index contributed by atoms with van der Waals surface area (Å²) in [6.45, 7) is 0. The highest BCUT2D eigenvalue weighted by Crippen LogP contribution is 2.39. The molecule has 0 saturated heterocycles. The molecule has 0 aromatic heterocycles. The Labute approximate surface area is 340 Å². The Morgan fingerprint density at radius 2 is 1.19 bits per heavy atom. The number of nitrogens with zero attached hydrogens (tertiary/aromatic N) is 2. The third-order valence-corrected chi connectivity index (χ3v) is 12.4. The molecule has 1 heterocycles. The zero-order chi connectivity index (χ0) is 41.7. The third kappa shape index (κ3) is 9.37. The van der Waals surface area contributed by atoms with Crippen molar-refractivity contribution in [3.8, 4) is 22.6 Å². The molecule has 2 atom stereocenters. The van der Waals surface area contributed by atoms with Gasteiger partial charge in [0.1, 0.15) is 23.1 Å². The Bertz CT molecular complexity index is 2780. The lowest BCUT2D eigenvalue weighted by molar-refractivity contribution is 0.104. The summed E-state index contributed by atoms with van der Waals surface area (Å²) in [5.74, 6) is -0.790. The van der Waals surface area contributed by atoms with E-state index in [9.17, 15) is 26.0 Å². The Hall–Kier alpha value is -6.71. The van der Waals surface area contributed by atoms with Gasteiger partial charge in [-0.05, 0) is 120 Å². The molecule has 11 nitrogen and oxygen atoms in total. The minimum atomic E-state index is -4.52. The topological polar surface area (TPSA) is 153 Å². The average Bonchev–Trinajstić information content (AvgIpc) is 3.74. The lowest BCUT2D eigenvalue weighted by Gasteiger charge is -2.15. The van der Waals surface area contributed by atoms with Gasteiger partial charge in [-0.1, -0.05) is 42.5 Å². The number of carbonyl (C=O) groups is 1. The van der Waals surface area contributed by atoms with E-state index in [0.29, 0.717) is 12.2 Å². The summed E-state index contributed by atoms with van der Waals surface area (Å²) in [6.07, 6.45) is 3.63. The second kappa shape index (κ2) is 17.0. The van der Waals surface area contributed by atoms with Gasteiger partial charge in [0.05, 0.1) is 36.1 Å². The largest absolute Gasteiger partial charge is 0.497 e. The first-order valence-electron chi connectivity index (χ1n) is 18.1. The molecule has 2 unspecified atom stereocenters. The lowest BCUT2D eigenvalue weighted by Crippen LogP contribution is -2.15. The van der Waals surface area contributed by atoms with Crippen LogP contribution in [0.1, 0.15) is 45.6 Å². The van der Waals surface area contributed by atoms with E-state index < -0.39 is 52.6 Å². The molecule has 0 fully saturated rings. The van der Waals surface area contributed by atoms with Crippen LogP contribution >= 0.6 is 0 Å². The fourth-order valence-corrected chi connectivity index (χ4v) is 8.75. The van der Waals surface area contributed by atoms with Gasteiger partial charge in [-0.2, -0.15) is 10.2 Å². The maximum Gasteiger partial charge on any atom is 0.262 e. The van der Waals surface area contributed by atoms with Crippen LogP contribution in [0.25, 0.3) is 17.2 Å². The number of azo groups is 1. The molecule has 15 heteroatoms. The molecule has 7 rings (SSSR count). The number of rotatable bonds is 14. The van der Waals surface area contributed by atoms with E-state index in [1.54, 1.807) is 68.8 Å². The highest BCUT2D eigenvalue weighted by Gasteiger charge is 2.27. The maximum absolute atomic E-state index is 15.5. The Kier molecular flexibility index (Phi) is 11.7. The van der Waals surface area contributed by atoms with E-state index in [0.717, 1.165) is 58.8 Å². The Balaban J connectivity index is 1.05. The maximum atomic E-state index is 15.5. The number of halogens is 2. The van der Waals surface area contributed by atoms with E-state index in [-0.39, 0.29) is 34.8 Å². The Morgan fingerprint density at radius 1 is 0.644 bits per heavy atom. The molecule has 0 radical (unpaired) electrons. The van der Waals surface area contributed by atoms with Crippen LogP contribution in [0.3, 0.4) is 0 Å². The van der Waals surface area contributed by atoms with Gasteiger partial charge in [-0.15, -0.1) is 0 Å². The monoisotopic (exact) mass is 834 g/mol. The normalized spacial score (nSPS) is 15.3. The number of hydrogen-bond acceptors (Lipinski definition) is 9. The molecular formula is C44H36F2N4O7S2. The SMILES string of the molecule is COc1ccc(C=CC(=O)c2ccc(NS(=O)(=O)c3ccc(F)cc3-c3cc(S(=O)(=O)Nc4ccc(C5CC(c6ccc(OC)cc6)N=N5)cc4)ccc3F)cc2)cc1. The summed E-state index contributed by atoms with van der Waals surface area (Å²) in [5, 5.41) is 8.83. The molecule has 6 aromatic rings. The smallest absolute Gasteiger partial charge is 0.262 e. The van der Waals surface area contributed by atoms with E-state index in [1.165, 1.54) is 30.3 Å².